The first kappa shape index (κ1) is 15.4. The number of pyridine rings is 1. The third kappa shape index (κ3) is 4.52. The topological polar surface area (TPSA) is 90.0 Å². The van der Waals surface area contributed by atoms with Gasteiger partial charge >= 0.3 is 6.16 Å². The Kier molecular flexibility index (Phi) is 5.68. The Morgan fingerprint density at radius 3 is 2.86 bits per heavy atom. The minimum absolute atomic E-state index is 0.0799. The van der Waals surface area contributed by atoms with Crippen molar-refractivity contribution in [2.45, 2.75) is 6.92 Å². The quantitative estimate of drug-likeness (QED) is 0.296. The second-order valence-corrected chi connectivity index (χ2v) is 5.48. The van der Waals surface area contributed by atoms with E-state index >= 15 is 0 Å². The van der Waals surface area contributed by atoms with Gasteiger partial charge in [-0.05, 0) is 19.1 Å². The van der Waals surface area contributed by atoms with E-state index < -0.39 is 6.16 Å². The lowest BCUT2D eigenvalue weighted by atomic mass is 10.2. The molecule has 1 aromatic heterocycles. The normalized spacial score (nSPS) is 15.7. The number of thioether (sulfide) groups is 1. The number of nitrogens with two attached hydrogens (primary N) is 1. The molecule has 1 fully saturated rings. The number of anilines is 1. The summed E-state index contributed by atoms with van der Waals surface area (Å²) in [7, 11) is 0. The van der Waals surface area contributed by atoms with Gasteiger partial charge < -0.3 is 15.4 Å². The number of hydrogen-bond acceptors (Lipinski definition) is 7. The molecule has 0 aliphatic carbocycles. The summed E-state index contributed by atoms with van der Waals surface area (Å²) < 4.78 is 4.58. The molecule has 0 unspecified atom stereocenters. The highest BCUT2D eigenvalue weighted by atomic mass is 32.2. The molecular weight excluding hydrogens is 292 g/mol. The molecule has 2 rings (SSSR count). The van der Waals surface area contributed by atoms with Crippen molar-refractivity contribution >= 4 is 29.6 Å². The van der Waals surface area contributed by atoms with Crippen molar-refractivity contribution in [3.05, 3.63) is 23.9 Å². The first-order valence-electron chi connectivity index (χ1n) is 6.67. The molecule has 114 valence electrons. The molecule has 8 heteroatoms. The maximum absolute atomic E-state index is 11.0. The van der Waals surface area contributed by atoms with Gasteiger partial charge in [0.15, 0.2) is 5.84 Å². The van der Waals surface area contributed by atoms with E-state index in [1.807, 2.05) is 17.8 Å². The average Bonchev–Trinajstić information content (AvgIpc) is 2.54. The van der Waals surface area contributed by atoms with Crippen LogP contribution in [0.2, 0.25) is 0 Å². The van der Waals surface area contributed by atoms with Crippen molar-refractivity contribution in [2.24, 2.45) is 10.9 Å². The molecule has 0 atom stereocenters. The summed E-state index contributed by atoms with van der Waals surface area (Å²) in [4.78, 5) is 22.1. The van der Waals surface area contributed by atoms with E-state index in [1.165, 1.54) is 0 Å². The van der Waals surface area contributed by atoms with Crippen LogP contribution in [0, 0.1) is 0 Å². The first-order valence-corrected chi connectivity index (χ1v) is 7.82. The highest BCUT2D eigenvalue weighted by Gasteiger charge is 2.12. The lowest BCUT2D eigenvalue weighted by molar-refractivity contribution is 0.0613. The molecule has 0 bridgehead atoms. The monoisotopic (exact) mass is 310 g/mol. The molecule has 0 aromatic carbocycles. The molecule has 0 spiro atoms. The molecule has 0 amide bonds. The van der Waals surface area contributed by atoms with E-state index in [9.17, 15) is 4.79 Å². The number of hydrogen-bond donors (Lipinski definition) is 1. The summed E-state index contributed by atoms with van der Waals surface area (Å²) in [5, 5.41) is 3.52. The fourth-order valence-electron chi connectivity index (χ4n) is 1.80. The first-order chi connectivity index (χ1) is 10.2. The van der Waals surface area contributed by atoms with Gasteiger partial charge in [0, 0.05) is 36.4 Å². The molecule has 7 nitrogen and oxygen atoms in total. The van der Waals surface area contributed by atoms with Crippen LogP contribution in [0.25, 0.3) is 0 Å². The minimum Gasteiger partial charge on any atom is -0.433 e. The fourth-order valence-corrected chi connectivity index (χ4v) is 2.70. The smallest absolute Gasteiger partial charge is 0.433 e. The summed E-state index contributed by atoms with van der Waals surface area (Å²) in [5.41, 5.74) is 6.32. The van der Waals surface area contributed by atoms with Gasteiger partial charge in [-0.25, -0.2) is 9.78 Å². The SMILES string of the molecule is CCOC(=O)O/N=C(\N)c1ccc(N2CCSCC2)nc1. The summed E-state index contributed by atoms with van der Waals surface area (Å²) in [6.07, 6.45) is 0.737. The van der Waals surface area contributed by atoms with E-state index in [0.29, 0.717) is 5.56 Å². The Bertz CT molecular complexity index is 501. The zero-order valence-corrected chi connectivity index (χ0v) is 12.6. The van der Waals surface area contributed by atoms with Crippen LogP contribution >= 0.6 is 11.8 Å². The molecule has 2 N–H and O–H groups in total. The zero-order valence-electron chi connectivity index (χ0n) is 11.8. The second-order valence-electron chi connectivity index (χ2n) is 4.26. The Morgan fingerprint density at radius 1 is 1.48 bits per heavy atom. The highest BCUT2D eigenvalue weighted by Crippen LogP contribution is 2.17. The van der Waals surface area contributed by atoms with Crippen LogP contribution in [0.3, 0.4) is 0 Å². The maximum atomic E-state index is 11.0. The molecule has 1 aliphatic heterocycles. The predicted molar refractivity (Wildman–Crippen MR) is 82.6 cm³/mol. The van der Waals surface area contributed by atoms with Gasteiger partial charge in [0.05, 0.1) is 6.61 Å². The third-order valence-corrected chi connectivity index (χ3v) is 3.80. The van der Waals surface area contributed by atoms with E-state index in [2.05, 4.69) is 24.6 Å². The largest absolute Gasteiger partial charge is 0.535 e. The molecule has 1 aliphatic rings. The highest BCUT2D eigenvalue weighted by molar-refractivity contribution is 7.99. The van der Waals surface area contributed by atoms with Crippen LogP contribution in [0.15, 0.2) is 23.5 Å². The molecule has 2 heterocycles. The average molecular weight is 310 g/mol. The zero-order chi connectivity index (χ0) is 15.1. The van der Waals surface area contributed by atoms with Gasteiger partial charge in [-0.1, -0.05) is 5.16 Å². The van der Waals surface area contributed by atoms with Crippen molar-refractivity contribution in [3.63, 3.8) is 0 Å². The summed E-state index contributed by atoms with van der Waals surface area (Å²) in [6, 6.07) is 3.69. The van der Waals surface area contributed by atoms with Crippen LogP contribution in [-0.4, -0.2) is 48.2 Å². The van der Waals surface area contributed by atoms with Crippen molar-refractivity contribution in [2.75, 3.05) is 36.1 Å². The summed E-state index contributed by atoms with van der Waals surface area (Å²) in [5.74, 6) is 3.22. The van der Waals surface area contributed by atoms with Crippen LogP contribution < -0.4 is 10.6 Å². The van der Waals surface area contributed by atoms with Crippen LogP contribution in [0.1, 0.15) is 12.5 Å². The van der Waals surface area contributed by atoms with E-state index in [0.717, 1.165) is 30.4 Å². The lowest BCUT2D eigenvalue weighted by Crippen LogP contribution is -2.33. The van der Waals surface area contributed by atoms with Gasteiger partial charge in [-0.15, -0.1) is 0 Å². The minimum atomic E-state index is -0.879. The number of aromatic nitrogens is 1. The Balaban J connectivity index is 1.97. The molecule has 1 aromatic rings. The number of oxime groups is 1. The predicted octanol–water partition coefficient (Wildman–Crippen LogP) is 1.43. The summed E-state index contributed by atoms with van der Waals surface area (Å²) in [6.45, 7) is 3.88. The molecule has 0 saturated carbocycles. The van der Waals surface area contributed by atoms with Crippen molar-refractivity contribution < 1.29 is 14.4 Å². The lowest BCUT2D eigenvalue weighted by Gasteiger charge is -2.27. The van der Waals surface area contributed by atoms with Crippen LogP contribution in [0.4, 0.5) is 10.6 Å². The Labute approximate surface area is 127 Å². The van der Waals surface area contributed by atoms with Gasteiger partial charge in [0.2, 0.25) is 0 Å². The number of rotatable bonds is 4. The van der Waals surface area contributed by atoms with E-state index in [-0.39, 0.29) is 12.4 Å². The number of carbonyl (C=O) groups excluding carboxylic acids is 1. The number of amidine groups is 1. The Hall–Kier alpha value is -1.96. The molecule has 0 radical (unpaired) electrons. The van der Waals surface area contributed by atoms with Crippen LogP contribution in [0.5, 0.6) is 0 Å². The molecular formula is C13H18N4O3S. The van der Waals surface area contributed by atoms with E-state index in [1.54, 1.807) is 19.2 Å². The number of carbonyl (C=O) groups is 1. The molecule has 1 saturated heterocycles. The van der Waals surface area contributed by atoms with Gasteiger partial charge in [-0.2, -0.15) is 11.8 Å². The summed E-state index contributed by atoms with van der Waals surface area (Å²) >= 11 is 1.95. The van der Waals surface area contributed by atoms with Crippen molar-refractivity contribution in [1.29, 1.82) is 0 Å². The van der Waals surface area contributed by atoms with Gasteiger partial charge in [0.25, 0.3) is 0 Å². The Morgan fingerprint density at radius 2 is 2.24 bits per heavy atom. The van der Waals surface area contributed by atoms with Crippen molar-refractivity contribution in [1.82, 2.24) is 4.98 Å². The third-order valence-electron chi connectivity index (χ3n) is 2.86. The van der Waals surface area contributed by atoms with Gasteiger partial charge in [0.1, 0.15) is 5.82 Å². The fraction of sp³-hybridized carbons (Fsp3) is 0.462. The second kappa shape index (κ2) is 7.72. The maximum Gasteiger partial charge on any atom is 0.535 e. The number of nitrogens with zero attached hydrogens (tertiary/aromatic N) is 3. The molecule has 21 heavy (non-hydrogen) atoms. The number of ether oxygens (including phenoxy) is 1. The van der Waals surface area contributed by atoms with Crippen molar-refractivity contribution in [3.8, 4) is 0 Å². The standard InChI is InChI=1S/C13H18N4O3S/c1-2-19-13(18)20-16-12(14)10-3-4-11(15-9-10)17-5-7-21-8-6-17/h3-4,9H,2,5-8H2,1H3,(H2,14,16). The van der Waals surface area contributed by atoms with Crippen LogP contribution in [-0.2, 0) is 9.57 Å². The van der Waals surface area contributed by atoms with E-state index in [4.69, 9.17) is 5.73 Å². The van der Waals surface area contributed by atoms with Gasteiger partial charge in [-0.3, -0.25) is 4.84 Å².